The molecule has 0 unspecified atom stereocenters. The molecule has 0 radical (unpaired) electrons. The molecule has 2 amide bonds. The molecule has 2 aliphatic carbocycles. The molecule has 1 spiro atoms. The first-order valence-corrected chi connectivity index (χ1v) is 13.5. The molecular weight excluding hydrogens is 472 g/mol. The summed E-state index contributed by atoms with van der Waals surface area (Å²) < 4.78 is 11.3. The number of nitrogens with one attached hydrogen (secondary N) is 1. The minimum absolute atomic E-state index is 0.0312. The van der Waals surface area contributed by atoms with Gasteiger partial charge in [0.2, 0.25) is 5.91 Å². The van der Waals surface area contributed by atoms with Gasteiger partial charge in [-0.3, -0.25) is 19.3 Å². The standard InChI is InChI=1S/C29H40N2O6/c1-28(2,3)37-27(35)31-19-29(13-14-29)16-23(31)26(34)30-22(15-21-11-7-8-12-24(21)32)25(33)18-36-17-20-9-5-4-6-10-20/h4-6,9-10,21-23H,7-8,11-19H2,1-3H3,(H,30,34)/t21-,22-,23-/m0/s1. The molecule has 0 aromatic heterocycles. The number of hydrogen-bond donors (Lipinski definition) is 1. The molecule has 1 aromatic carbocycles. The van der Waals surface area contributed by atoms with Gasteiger partial charge in [0.05, 0.1) is 12.6 Å². The van der Waals surface area contributed by atoms with Gasteiger partial charge in [-0.1, -0.05) is 36.8 Å². The van der Waals surface area contributed by atoms with Crippen molar-refractivity contribution >= 4 is 23.6 Å². The van der Waals surface area contributed by atoms with E-state index in [-0.39, 0.29) is 48.4 Å². The molecule has 8 nitrogen and oxygen atoms in total. The number of rotatable bonds is 9. The van der Waals surface area contributed by atoms with E-state index in [1.54, 1.807) is 20.8 Å². The van der Waals surface area contributed by atoms with Crippen LogP contribution in [0.1, 0.15) is 77.7 Å². The molecule has 4 rings (SSSR count). The number of likely N-dealkylation sites (tertiary alicyclic amines) is 1. The lowest BCUT2D eigenvalue weighted by Gasteiger charge is -2.30. The first-order chi connectivity index (χ1) is 17.6. The zero-order valence-corrected chi connectivity index (χ0v) is 22.3. The number of Topliss-reactive ketones (excluding diaryl/α,β-unsaturated/α-hetero) is 2. The number of carbonyl (C=O) groups is 4. The van der Waals surface area contributed by atoms with Crippen molar-refractivity contribution in [2.24, 2.45) is 11.3 Å². The molecule has 37 heavy (non-hydrogen) atoms. The van der Waals surface area contributed by atoms with E-state index in [4.69, 9.17) is 9.47 Å². The molecule has 0 bridgehead atoms. The fourth-order valence-electron chi connectivity index (χ4n) is 5.41. The number of ketones is 2. The van der Waals surface area contributed by atoms with Gasteiger partial charge in [0, 0.05) is 18.9 Å². The third kappa shape index (κ3) is 7.40. The molecule has 8 heteroatoms. The van der Waals surface area contributed by atoms with Gasteiger partial charge in [-0.05, 0) is 70.3 Å². The van der Waals surface area contributed by atoms with E-state index < -0.39 is 23.8 Å². The highest BCUT2D eigenvalue weighted by Gasteiger charge is 2.56. The smallest absolute Gasteiger partial charge is 0.410 e. The molecule has 3 atom stereocenters. The Hall–Kier alpha value is -2.74. The maximum atomic E-state index is 13.5. The average Bonchev–Trinajstić information content (AvgIpc) is 3.48. The van der Waals surface area contributed by atoms with Crippen molar-refractivity contribution < 1.29 is 28.7 Å². The Morgan fingerprint density at radius 3 is 2.51 bits per heavy atom. The summed E-state index contributed by atoms with van der Waals surface area (Å²) in [5.74, 6) is -0.723. The molecule has 1 aromatic rings. The second-order valence-corrected chi connectivity index (χ2v) is 12.0. The highest BCUT2D eigenvalue weighted by atomic mass is 16.6. The van der Waals surface area contributed by atoms with E-state index in [1.165, 1.54) is 4.90 Å². The summed E-state index contributed by atoms with van der Waals surface area (Å²) >= 11 is 0. The largest absolute Gasteiger partial charge is 0.444 e. The average molecular weight is 513 g/mol. The number of ether oxygens (including phenoxy) is 2. The van der Waals surface area contributed by atoms with Crippen molar-refractivity contribution in [2.75, 3.05) is 13.2 Å². The van der Waals surface area contributed by atoms with Gasteiger partial charge in [0.15, 0.2) is 5.78 Å². The van der Waals surface area contributed by atoms with E-state index in [1.807, 2.05) is 30.3 Å². The van der Waals surface area contributed by atoms with Crippen LogP contribution in [-0.2, 0) is 30.5 Å². The zero-order chi connectivity index (χ0) is 26.6. The van der Waals surface area contributed by atoms with Crippen molar-refractivity contribution in [3.05, 3.63) is 35.9 Å². The summed E-state index contributed by atoms with van der Waals surface area (Å²) in [5.41, 5.74) is 0.246. The zero-order valence-electron chi connectivity index (χ0n) is 22.3. The maximum absolute atomic E-state index is 13.5. The summed E-state index contributed by atoms with van der Waals surface area (Å²) in [6.45, 7) is 6.01. The fourth-order valence-corrected chi connectivity index (χ4v) is 5.41. The summed E-state index contributed by atoms with van der Waals surface area (Å²) in [6, 6.07) is 8.03. The number of carbonyl (C=O) groups excluding carboxylic acids is 4. The van der Waals surface area contributed by atoms with Crippen LogP contribution in [-0.4, -0.2) is 59.3 Å². The number of nitrogens with zero attached hydrogens (tertiary/aromatic N) is 1. The third-order valence-corrected chi connectivity index (χ3v) is 7.66. The van der Waals surface area contributed by atoms with Crippen LogP contribution in [0.15, 0.2) is 30.3 Å². The van der Waals surface area contributed by atoms with Crippen molar-refractivity contribution in [1.29, 1.82) is 0 Å². The lowest BCUT2D eigenvalue weighted by Crippen LogP contribution is -2.52. The Labute approximate surface area is 219 Å². The molecule has 1 N–H and O–H groups in total. The van der Waals surface area contributed by atoms with E-state index >= 15 is 0 Å². The number of benzene rings is 1. The molecule has 2 saturated carbocycles. The highest BCUT2D eigenvalue weighted by Crippen LogP contribution is 2.55. The fraction of sp³-hybridized carbons (Fsp3) is 0.655. The molecular formula is C29H40N2O6. The quantitative estimate of drug-likeness (QED) is 0.532. The van der Waals surface area contributed by atoms with E-state index in [0.29, 0.717) is 19.4 Å². The molecule has 1 heterocycles. The number of amides is 2. The molecule has 1 saturated heterocycles. The first-order valence-electron chi connectivity index (χ1n) is 13.5. The van der Waals surface area contributed by atoms with E-state index in [9.17, 15) is 19.2 Å². The van der Waals surface area contributed by atoms with Crippen LogP contribution >= 0.6 is 0 Å². The van der Waals surface area contributed by atoms with Crippen LogP contribution < -0.4 is 5.32 Å². The molecule has 1 aliphatic heterocycles. The molecule has 3 fully saturated rings. The Morgan fingerprint density at radius 1 is 1.14 bits per heavy atom. The maximum Gasteiger partial charge on any atom is 0.410 e. The van der Waals surface area contributed by atoms with Crippen LogP contribution in [0.4, 0.5) is 4.79 Å². The normalized spacial score (nSPS) is 23.5. The lowest BCUT2D eigenvalue weighted by molar-refractivity contribution is -0.134. The van der Waals surface area contributed by atoms with Crippen LogP contribution in [0.3, 0.4) is 0 Å². The van der Waals surface area contributed by atoms with Crippen molar-refractivity contribution in [3.63, 3.8) is 0 Å². The van der Waals surface area contributed by atoms with Crippen molar-refractivity contribution in [3.8, 4) is 0 Å². The topological polar surface area (TPSA) is 102 Å². The Bertz CT molecular complexity index is 997. The van der Waals surface area contributed by atoms with Gasteiger partial charge >= 0.3 is 6.09 Å². The Kier molecular flexibility index (Phi) is 8.36. The Morgan fingerprint density at radius 2 is 1.86 bits per heavy atom. The summed E-state index contributed by atoms with van der Waals surface area (Å²) in [4.78, 5) is 53.8. The minimum atomic E-state index is -0.841. The third-order valence-electron chi connectivity index (χ3n) is 7.66. The summed E-state index contributed by atoms with van der Waals surface area (Å²) in [5, 5.41) is 2.92. The van der Waals surface area contributed by atoms with Crippen molar-refractivity contribution in [1.82, 2.24) is 10.2 Å². The van der Waals surface area contributed by atoms with Gasteiger partial charge in [-0.2, -0.15) is 0 Å². The second-order valence-electron chi connectivity index (χ2n) is 12.0. The molecule has 202 valence electrons. The second kappa shape index (κ2) is 11.3. The van der Waals surface area contributed by atoms with Crippen LogP contribution in [0, 0.1) is 11.3 Å². The first kappa shape index (κ1) is 27.3. The van der Waals surface area contributed by atoms with Gasteiger partial charge < -0.3 is 14.8 Å². The summed E-state index contributed by atoms with van der Waals surface area (Å²) in [7, 11) is 0. The van der Waals surface area contributed by atoms with E-state index in [2.05, 4.69) is 5.32 Å². The van der Waals surface area contributed by atoms with E-state index in [0.717, 1.165) is 37.7 Å². The van der Waals surface area contributed by atoms with Gasteiger partial charge in [-0.15, -0.1) is 0 Å². The summed E-state index contributed by atoms with van der Waals surface area (Å²) in [6.07, 6.45) is 5.32. The minimum Gasteiger partial charge on any atom is -0.444 e. The predicted octanol–water partition coefficient (Wildman–Crippen LogP) is 4.20. The van der Waals surface area contributed by atoms with Gasteiger partial charge in [0.1, 0.15) is 24.0 Å². The van der Waals surface area contributed by atoms with Gasteiger partial charge in [-0.25, -0.2) is 4.79 Å². The molecule has 3 aliphatic rings. The van der Waals surface area contributed by atoms with Crippen molar-refractivity contribution in [2.45, 2.75) is 96.4 Å². The SMILES string of the molecule is CC(C)(C)OC(=O)N1CC2(CC2)C[C@H]1C(=O)N[C@@H](C[C@@H]1CCCCC1=O)C(=O)COCc1ccccc1. The van der Waals surface area contributed by atoms with Crippen LogP contribution in [0.5, 0.6) is 0 Å². The Balaban J connectivity index is 1.44. The predicted molar refractivity (Wildman–Crippen MR) is 138 cm³/mol. The lowest BCUT2D eigenvalue weighted by atomic mass is 9.83. The monoisotopic (exact) mass is 512 g/mol. The number of hydrogen-bond acceptors (Lipinski definition) is 6. The highest BCUT2D eigenvalue weighted by molar-refractivity contribution is 5.93. The van der Waals surface area contributed by atoms with Gasteiger partial charge in [0.25, 0.3) is 0 Å². The van der Waals surface area contributed by atoms with Crippen LogP contribution in [0.25, 0.3) is 0 Å². The van der Waals surface area contributed by atoms with Crippen LogP contribution in [0.2, 0.25) is 0 Å².